The first kappa shape index (κ1) is 10.9. The van der Waals surface area contributed by atoms with Crippen LogP contribution in [0, 0.1) is 0 Å². The molecule has 3 nitrogen and oxygen atoms in total. The first-order valence-electron chi connectivity index (χ1n) is 5.67. The van der Waals surface area contributed by atoms with Gasteiger partial charge in [0, 0.05) is 6.20 Å². The van der Waals surface area contributed by atoms with Crippen LogP contribution < -0.4 is 5.32 Å². The van der Waals surface area contributed by atoms with Gasteiger partial charge in [0.15, 0.2) is 0 Å². The molecular weight excluding hydrogens is 198 g/mol. The molecule has 16 heavy (non-hydrogen) atoms. The molecule has 1 heterocycles. The molecule has 3 heteroatoms. The summed E-state index contributed by atoms with van der Waals surface area (Å²) in [5.41, 5.74) is 2.64. The summed E-state index contributed by atoms with van der Waals surface area (Å²) in [6.45, 7) is 2.04. The van der Waals surface area contributed by atoms with Crippen molar-refractivity contribution in [2.45, 2.75) is 12.8 Å². The van der Waals surface area contributed by atoms with Gasteiger partial charge in [-0.05, 0) is 37.1 Å². The molecule has 0 bridgehead atoms. The molecule has 2 rings (SSSR count). The SMILES string of the molecule is c1ccc(CCNCCc2cn[nH]c2)cc1. The van der Waals surface area contributed by atoms with E-state index < -0.39 is 0 Å². The van der Waals surface area contributed by atoms with Crippen molar-refractivity contribution in [2.24, 2.45) is 0 Å². The minimum atomic E-state index is 1.01. The minimum absolute atomic E-state index is 1.01. The summed E-state index contributed by atoms with van der Waals surface area (Å²) in [7, 11) is 0. The maximum absolute atomic E-state index is 3.92. The van der Waals surface area contributed by atoms with E-state index in [9.17, 15) is 0 Å². The van der Waals surface area contributed by atoms with E-state index in [0.717, 1.165) is 25.9 Å². The number of rotatable bonds is 6. The quantitative estimate of drug-likeness (QED) is 0.721. The van der Waals surface area contributed by atoms with Crippen LogP contribution in [0.1, 0.15) is 11.1 Å². The Morgan fingerprint density at radius 1 is 1.00 bits per heavy atom. The third kappa shape index (κ3) is 3.51. The van der Waals surface area contributed by atoms with Gasteiger partial charge in [-0.3, -0.25) is 5.10 Å². The molecule has 0 spiro atoms. The lowest BCUT2D eigenvalue weighted by Crippen LogP contribution is -2.19. The van der Waals surface area contributed by atoms with Crippen LogP contribution in [0.3, 0.4) is 0 Å². The summed E-state index contributed by atoms with van der Waals surface area (Å²) in [4.78, 5) is 0. The predicted octanol–water partition coefficient (Wildman–Crippen LogP) is 1.78. The number of nitrogens with one attached hydrogen (secondary N) is 2. The van der Waals surface area contributed by atoms with Gasteiger partial charge in [0.2, 0.25) is 0 Å². The number of hydrogen-bond donors (Lipinski definition) is 2. The Kier molecular flexibility index (Phi) is 4.14. The fourth-order valence-electron chi connectivity index (χ4n) is 1.65. The third-order valence-electron chi connectivity index (χ3n) is 2.58. The van der Waals surface area contributed by atoms with Crippen molar-refractivity contribution in [3.05, 3.63) is 53.9 Å². The van der Waals surface area contributed by atoms with Gasteiger partial charge in [0.05, 0.1) is 6.20 Å². The largest absolute Gasteiger partial charge is 0.316 e. The molecule has 0 atom stereocenters. The fourth-order valence-corrected chi connectivity index (χ4v) is 1.65. The molecule has 2 aromatic rings. The number of nitrogens with zero attached hydrogens (tertiary/aromatic N) is 1. The summed E-state index contributed by atoms with van der Waals surface area (Å²) in [6.07, 6.45) is 5.94. The zero-order valence-electron chi connectivity index (χ0n) is 9.32. The van der Waals surface area contributed by atoms with Crippen molar-refractivity contribution < 1.29 is 0 Å². The second-order valence-corrected chi connectivity index (χ2v) is 3.84. The molecule has 1 aromatic carbocycles. The molecule has 0 saturated carbocycles. The van der Waals surface area contributed by atoms with Crippen LogP contribution in [-0.4, -0.2) is 23.3 Å². The molecule has 0 amide bonds. The predicted molar refractivity (Wildman–Crippen MR) is 65.3 cm³/mol. The topological polar surface area (TPSA) is 40.7 Å². The van der Waals surface area contributed by atoms with Crippen molar-refractivity contribution in [1.82, 2.24) is 15.5 Å². The number of benzene rings is 1. The normalized spacial score (nSPS) is 10.5. The van der Waals surface area contributed by atoms with Crippen LogP contribution in [0.15, 0.2) is 42.7 Å². The van der Waals surface area contributed by atoms with Gasteiger partial charge in [-0.15, -0.1) is 0 Å². The van der Waals surface area contributed by atoms with E-state index >= 15 is 0 Å². The minimum Gasteiger partial charge on any atom is -0.316 e. The lowest BCUT2D eigenvalue weighted by atomic mass is 10.1. The van der Waals surface area contributed by atoms with Crippen LogP contribution in [-0.2, 0) is 12.8 Å². The first-order valence-corrected chi connectivity index (χ1v) is 5.67. The van der Waals surface area contributed by atoms with Crippen LogP contribution in [0.4, 0.5) is 0 Å². The van der Waals surface area contributed by atoms with Gasteiger partial charge in [-0.2, -0.15) is 5.10 Å². The Labute approximate surface area is 95.9 Å². The van der Waals surface area contributed by atoms with Gasteiger partial charge in [0.1, 0.15) is 0 Å². The van der Waals surface area contributed by atoms with E-state index in [1.54, 1.807) is 0 Å². The highest BCUT2D eigenvalue weighted by atomic mass is 15.1. The molecule has 0 unspecified atom stereocenters. The van der Waals surface area contributed by atoms with Crippen LogP contribution in [0.25, 0.3) is 0 Å². The van der Waals surface area contributed by atoms with Crippen LogP contribution >= 0.6 is 0 Å². The average molecular weight is 215 g/mol. The van der Waals surface area contributed by atoms with E-state index in [2.05, 4.69) is 45.8 Å². The second kappa shape index (κ2) is 6.08. The molecule has 0 aliphatic rings. The highest BCUT2D eigenvalue weighted by Gasteiger charge is 1.94. The average Bonchev–Trinajstić information content (AvgIpc) is 2.83. The zero-order chi connectivity index (χ0) is 11.1. The summed E-state index contributed by atoms with van der Waals surface area (Å²) in [5, 5.41) is 10.2. The van der Waals surface area contributed by atoms with E-state index in [-0.39, 0.29) is 0 Å². The van der Waals surface area contributed by atoms with Crippen LogP contribution in [0.2, 0.25) is 0 Å². The molecule has 2 N–H and O–H groups in total. The fraction of sp³-hybridized carbons (Fsp3) is 0.308. The number of aromatic amines is 1. The van der Waals surface area contributed by atoms with Gasteiger partial charge in [-0.1, -0.05) is 30.3 Å². The Bertz CT molecular complexity index is 381. The highest BCUT2D eigenvalue weighted by Crippen LogP contribution is 1.98. The van der Waals surface area contributed by atoms with Gasteiger partial charge in [-0.25, -0.2) is 0 Å². The van der Waals surface area contributed by atoms with Crippen molar-refractivity contribution in [3.63, 3.8) is 0 Å². The molecular formula is C13H17N3. The number of hydrogen-bond acceptors (Lipinski definition) is 2. The molecule has 0 aliphatic carbocycles. The molecule has 0 aliphatic heterocycles. The highest BCUT2D eigenvalue weighted by molar-refractivity contribution is 5.14. The molecule has 0 saturated heterocycles. The summed E-state index contributed by atoms with van der Waals surface area (Å²) in [6, 6.07) is 10.5. The van der Waals surface area contributed by atoms with Crippen LogP contribution in [0.5, 0.6) is 0 Å². The van der Waals surface area contributed by atoms with E-state index in [4.69, 9.17) is 0 Å². The Morgan fingerprint density at radius 3 is 2.44 bits per heavy atom. The summed E-state index contributed by atoms with van der Waals surface area (Å²) < 4.78 is 0. The summed E-state index contributed by atoms with van der Waals surface area (Å²) in [5.74, 6) is 0. The number of aromatic nitrogens is 2. The first-order chi connectivity index (χ1) is 7.95. The molecule has 1 aromatic heterocycles. The second-order valence-electron chi connectivity index (χ2n) is 3.84. The van der Waals surface area contributed by atoms with Crippen molar-refractivity contribution in [3.8, 4) is 0 Å². The monoisotopic (exact) mass is 215 g/mol. The maximum Gasteiger partial charge on any atom is 0.0519 e. The van der Waals surface area contributed by atoms with Gasteiger partial charge >= 0.3 is 0 Å². The van der Waals surface area contributed by atoms with Gasteiger partial charge < -0.3 is 5.32 Å². The number of H-pyrrole nitrogens is 1. The van der Waals surface area contributed by atoms with E-state index in [1.807, 2.05) is 12.4 Å². The van der Waals surface area contributed by atoms with Crippen molar-refractivity contribution >= 4 is 0 Å². The van der Waals surface area contributed by atoms with E-state index in [1.165, 1.54) is 11.1 Å². The lowest BCUT2D eigenvalue weighted by molar-refractivity contribution is 0.682. The van der Waals surface area contributed by atoms with Crippen molar-refractivity contribution in [2.75, 3.05) is 13.1 Å². The van der Waals surface area contributed by atoms with E-state index in [0.29, 0.717) is 0 Å². The summed E-state index contributed by atoms with van der Waals surface area (Å²) >= 11 is 0. The van der Waals surface area contributed by atoms with Crippen molar-refractivity contribution in [1.29, 1.82) is 0 Å². The molecule has 84 valence electrons. The Balaban J connectivity index is 1.59. The third-order valence-corrected chi connectivity index (χ3v) is 2.58. The molecule has 0 fully saturated rings. The Hall–Kier alpha value is -1.61. The maximum atomic E-state index is 3.92. The zero-order valence-corrected chi connectivity index (χ0v) is 9.32. The Morgan fingerprint density at radius 2 is 1.75 bits per heavy atom. The smallest absolute Gasteiger partial charge is 0.0519 e. The lowest BCUT2D eigenvalue weighted by Gasteiger charge is -2.03. The standard InChI is InChI=1S/C13H17N3/c1-2-4-12(5-3-1)6-8-14-9-7-13-10-15-16-11-13/h1-5,10-11,14H,6-9H2,(H,15,16). The van der Waals surface area contributed by atoms with Gasteiger partial charge in [0.25, 0.3) is 0 Å². The molecule has 0 radical (unpaired) electrons.